The zero-order valence-electron chi connectivity index (χ0n) is 18.0. The first-order chi connectivity index (χ1) is 16.2. The fourth-order valence-electron chi connectivity index (χ4n) is 3.23. The number of rotatable bonds is 8. The summed E-state index contributed by atoms with van der Waals surface area (Å²) in [7, 11) is 1.61. The Morgan fingerprint density at radius 1 is 0.970 bits per heavy atom. The van der Waals surface area contributed by atoms with Gasteiger partial charge < -0.3 is 9.47 Å². The molecule has 0 bridgehead atoms. The first-order valence-corrected chi connectivity index (χ1v) is 10.3. The van der Waals surface area contributed by atoms with Gasteiger partial charge in [0.15, 0.2) is 11.6 Å². The molecule has 0 saturated carbocycles. The van der Waals surface area contributed by atoms with Gasteiger partial charge in [-0.05, 0) is 29.8 Å². The van der Waals surface area contributed by atoms with Gasteiger partial charge in [-0.1, -0.05) is 30.3 Å². The van der Waals surface area contributed by atoms with E-state index in [2.05, 4.69) is 21.1 Å². The molecule has 164 valence electrons. The fraction of sp³-hybridized carbons (Fsp3) is 0.160. The Balaban J connectivity index is 1.55. The lowest BCUT2D eigenvalue weighted by Crippen LogP contribution is -2.22. The Morgan fingerprint density at radius 3 is 2.55 bits per heavy atom. The minimum atomic E-state index is -0.214. The maximum Gasteiger partial charge on any atom is 0.267 e. The van der Waals surface area contributed by atoms with E-state index in [0.717, 1.165) is 16.7 Å². The lowest BCUT2D eigenvalue weighted by molar-refractivity contribution is 0.146. The Hall–Kier alpha value is -4.35. The van der Waals surface area contributed by atoms with Gasteiger partial charge in [-0.3, -0.25) is 4.79 Å². The van der Waals surface area contributed by atoms with Crippen molar-refractivity contribution in [2.24, 2.45) is 0 Å². The minimum Gasteiger partial charge on any atom is -0.488 e. The summed E-state index contributed by atoms with van der Waals surface area (Å²) in [4.78, 5) is 21.2. The van der Waals surface area contributed by atoms with Crippen molar-refractivity contribution in [3.05, 3.63) is 94.5 Å². The smallest absolute Gasteiger partial charge is 0.267 e. The highest BCUT2D eigenvalue weighted by atomic mass is 16.5. The van der Waals surface area contributed by atoms with Crippen molar-refractivity contribution in [3.63, 3.8) is 0 Å². The van der Waals surface area contributed by atoms with Gasteiger partial charge in [0.25, 0.3) is 5.56 Å². The molecule has 8 nitrogen and oxygen atoms in total. The van der Waals surface area contributed by atoms with E-state index in [1.807, 2.05) is 30.3 Å². The van der Waals surface area contributed by atoms with Crippen molar-refractivity contribution < 1.29 is 9.47 Å². The first-order valence-electron chi connectivity index (χ1n) is 10.3. The van der Waals surface area contributed by atoms with Gasteiger partial charge in [0.05, 0.1) is 42.9 Å². The maximum absolute atomic E-state index is 12.4. The van der Waals surface area contributed by atoms with Gasteiger partial charge in [0.2, 0.25) is 0 Å². The molecular formula is C25H21N5O3. The molecule has 8 heteroatoms. The second-order valence-corrected chi connectivity index (χ2v) is 7.19. The zero-order chi connectivity index (χ0) is 23.0. The van der Waals surface area contributed by atoms with Crippen LogP contribution in [-0.4, -0.2) is 40.1 Å². The van der Waals surface area contributed by atoms with E-state index >= 15 is 0 Å². The molecular weight excluding hydrogens is 418 g/mol. The van der Waals surface area contributed by atoms with Crippen LogP contribution in [0.15, 0.2) is 77.9 Å². The largest absolute Gasteiger partial charge is 0.488 e. The van der Waals surface area contributed by atoms with Crippen LogP contribution in [0.4, 0.5) is 0 Å². The monoisotopic (exact) mass is 439 g/mol. The molecule has 33 heavy (non-hydrogen) atoms. The highest BCUT2D eigenvalue weighted by Gasteiger charge is 2.08. The molecule has 0 fully saturated rings. The molecule has 0 radical (unpaired) electrons. The Bertz CT molecular complexity index is 1340. The SMILES string of the molecule is COCCOc1cnc(-c2cccc(Cn3nc(-c4cccc(C#N)c4)ccc3=O)c2)nc1. The third-order valence-corrected chi connectivity index (χ3v) is 4.86. The molecule has 0 N–H and O–H groups in total. The van der Waals surface area contributed by atoms with Crippen LogP contribution in [0.2, 0.25) is 0 Å². The molecule has 4 aromatic rings. The average Bonchev–Trinajstić information content (AvgIpc) is 2.86. The summed E-state index contributed by atoms with van der Waals surface area (Å²) in [6.45, 7) is 1.20. The number of benzene rings is 2. The van der Waals surface area contributed by atoms with E-state index in [0.29, 0.717) is 36.0 Å². The van der Waals surface area contributed by atoms with Crippen LogP contribution >= 0.6 is 0 Å². The molecule has 4 rings (SSSR count). The Labute approximate surface area is 190 Å². The summed E-state index contributed by atoms with van der Waals surface area (Å²) in [5.41, 5.74) is 3.42. The Morgan fingerprint density at radius 2 is 1.76 bits per heavy atom. The summed E-state index contributed by atoms with van der Waals surface area (Å²) in [6.07, 6.45) is 3.24. The number of hydrogen-bond donors (Lipinski definition) is 0. The summed E-state index contributed by atoms with van der Waals surface area (Å²) in [6, 6.07) is 20.0. The third-order valence-electron chi connectivity index (χ3n) is 4.86. The van der Waals surface area contributed by atoms with Crippen molar-refractivity contribution in [3.8, 4) is 34.5 Å². The van der Waals surface area contributed by atoms with Crippen molar-refractivity contribution in [2.45, 2.75) is 6.54 Å². The van der Waals surface area contributed by atoms with E-state index in [9.17, 15) is 4.79 Å². The van der Waals surface area contributed by atoms with E-state index in [-0.39, 0.29) is 12.1 Å². The molecule has 2 aromatic carbocycles. The molecule has 2 aromatic heterocycles. The second-order valence-electron chi connectivity index (χ2n) is 7.19. The topological polar surface area (TPSA) is 103 Å². The fourth-order valence-corrected chi connectivity index (χ4v) is 3.23. The number of ether oxygens (including phenoxy) is 2. The second kappa shape index (κ2) is 10.3. The van der Waals surface area contributed by atoms with Crippen molar-refractivity contribution in [2.75, 3.05) is 20.3 Å². The van der Waals surface area contributed by atoms with E-state index in [1.165, 1.54) is 10.7 Å². The quantitative estimate of drug-likeness (QED) is 0.388. The van der Waals surface area contributed by atoms with Crippen molar-refractivity contribution in [1.82, 2.24) is 19.7 Å². The molecule has 0 aliphatic rings. The summed E-state index contributed by atoms with van der Waals surface area (Å²) < 4.78 is 11.9. The molecule has 0 amide bonds. The molecule has 0 atom stereocenters. The molecule has 0 spiro atoms. The van der Waals surface area contributed by atoms with Gasteiger partial charge in [-0.2, -0.15) is 10.4 Å². The standard InChI is InChI=1S/C25H21N5O3/c1-32-10-11-33-22-15-27-25(28-16-22)21-7-3-5-19(13-21)17-30-24(31)9-8-23(29-30)20-6-2-4-18(12-20)14-26/h2-9,12-13,15-16H,10-11,17H2,1H3. The summed E-state index contributed by atoms with van der Waals surface area (Å²) >= 11 is 0. The highest BCUT2D eigenvalue weighted by molar-refractivity contribution is 5.60. The molecule has 0 aliphatic heterocycles. The van der Waals surface area contributed by atoms with Gasteiger partial charge in [0.1, 0.15) is 6.61 Å². The van der Waals surface area contributed by atoms with Gasteiger partial charge in [0, 0.05) is 24.3 Å². The molecule has 2 heterocycles. The van der Waals surface area contributed by atoms with Crippen LogP contribution in [0.1, 0.15) is 11.1 Å². The Kier molecular flexibility index (Phi) is 6.83. The predicted octanol–water partition coefficient (Wildman–Crippen LogP) is 3.31. The number of aromatic nitrogens is 4. The van der Waals surface area contributed by atoms with Crippen LogP contribution in [0.25, 0.3) is 22.6 Å². The maximum atomic E-state index is 12.4. The van der Waals surface area contributed by atoms with E-state index < -0.39 is 0 Å². The lowest BCUT2D eigenvalue weighted by Gasteiger charge is -2.09. The van der Waals surface area contributed by atoms with Crippen LogP contribution < -0.4 is 10.3 Å². The summed E-state index contributed by atoms with van der Waals surface area (Å²) in [5.74, 6) is 1.12. The average molecular weight is 439 g/mol. The van der Waals surface area contributed by atoms with Crippen LogP contribution in [0.3, 0.4) is 0 Å². The minimum absolute atomic E-state index is 0.214. The van der Waals surface area contributed by atoms with Crippen molar-refractivity contribution >= 4 is 0 Å². The zero-order valence-corrected chi connectivity index (χ0v) is 18.0. The number of methoxy groups -OCH3 is 1. The van der Waals surface area contributed by atoms with E-state index in [4.69, 9.17) is 14.7 Å². The van der Waals surface area contributed by atoms with Gasteiger partial charge in [-0.25, -0.2) is 14.6 Å². The highest BCUT2D eigenvalue weighted by Crippen LogP contribution is 2.20. The van der Waals surface area contributed by atoms with Crippen LogP contribution in [0, 0.1) is 11.3 Å². The number of nitriles is 1. The number of nitrogens with zero attached hydrogens (tertiary/aromatic N) is 5. The van der Waals surface area contributed by atoms with Gasteiger partial charge in [-0.15, -0.1) is 0 Å². The number of hydrogen-bond acceptors (Lipinski definition) is 7. The van der Waals surface area contributed by atoms with Crippen LogP contribution in [0.5, 0.6) is 5.75 Å². The summed E-state index contributed by atoms with van der Waals surface area (Å²) in [5, 5.41) is 13.6. The van der Waals surface area contributed by atoms with Gasteiger partial charge >= 0.3 is 0 Å². The molecule has 0 saturated heterocycles. The molecule has 0 aliphatic carbocycles. The van der Waals surface area contributed by atoms with Crippen molar-refractivity contribution in [1.29, 1.82) is 5.26 Å². The van der Waals surface area contributed by atoms with Crippen LogP contribution in [-0.2, 0) is 11.3 Å². The first kappa shape index (κ1) is 21.9. The predicted molar refractivity (Wildman–Crippen MR) is 123 cm³/mol. The third kappa shape index (κ3) is 5.47. The normalized spacial score (nSPS) is 10.5. The lowest BCUT2D eigenvalue weighted by atomic mass is 10.1. The van der Waals surface area contributed by atoms with E-state index in [1.54, 1.807) is 43.8 Å². The molecule has 0 unspecified atom stereocenters.